The van der Waals surface area contributed by atoms with Gasteiger partial charge in [0.1, 0.15) is 11.4 Å². The molecular formula is C12H7N5S. The first-order valence-electron chi connectivity index (χ1n) is 5.20. The Bertz CT molecular complexity index is 730. The molecular weight excluding hydrogens is 246 g/mol. The molecule has 18 heavy (non-hydrogen) atoms. The maximum Gasteiger partial charge on any atom is 0.189 e. The molecule has 0 saturated heterocycles. The van der Waals surface area contributed by atoms with E-state index < -0.39 is 0 Å². The van der Waals surface area contributed by atoms with Gasteiger partial charge in [-0.05, 0) is 23.9 Å². The molecule has 0 atom stereocenters. The average Bonchev–Trinajstić information content (AvgIpc) is 2.90. The maximum atomic E-state index is 9.16. The van der Waals surface area contributed by atoms with Crippen LogP contribution < -0.4 is 0 Å². The highest BCUT2D eigenvalue weighted by Gasteiger charge is 2.07. The van der Waals surface area contributed by atoms with E-state index in [2.05, 4.69) is 26.2 Å². The standard InChI is InChI=1S/C12H7N5S/c13-6-8-5-11(18-12-14-7-15-17-12)16-10-4-2-1-3-9(8)10/h1-5,7H,(H,14,15,17). The van der Waals surface area contributed by atoms with E-state index in [1.807, 2.05) is 24.3 Å². The molecule has 0 unspecified atom stereocenters. The van der Waals surface area contributed by atoms with E-state index in [1.165, 1.54) is 18.1 Å². The maximum absolute atomic E-state index is 9.16. The zero-order chi connectivity index (χ0) is 12.4. The number of para-hydroxylation sites is 1. The summed E-state index contributed by atoms with van der Waals surface area (Å²) in [6, 6.07) is 11.5. The molecule has 1 aromatic carbocycles. The van der Waals surface area contributed by atoms with E-state index in [0.29, 0.717) is 10.7 Å². The van der Waals surface area contributed by atoms with E-state index in [-0.39, 0.29) is 0 Å². The van der Waals surface area contributed by atoms with Crippen molar-refractivity contribution in [1.29, 1.82) is 5.26 Å². The second-order valence-corrected chi connectivity index (χ2v) is 4.54. The van der Waals surface area contributed by atoms with Crippen molar-refractivity contribution in [2.75, 3.05) is 0 Å². The van der Waals surface area contributed by atoms with Gasteiger partial charge in [-0.2, -0.15) is 10.4 Å². The lowest BCUT2D eigenvalue weighted by Crippen LogP contribution is -1.88. The predicted octanol–water partition coefficient (Wildman–Crippen LogP) is 2.38. The van der Waals surface area contributed by atoms with Crippen LogP contribution in [0.5, 0.6) is 0 Å². The van der Waals surface area contributed by atoms with E-state index in [4.69, 9.17) is 5.26 Å². The third kappa shape index (κ3) is 1.92. The van der Waals surface area contributed by atoms with Crippen LogP contribution in [-0.4, -0.2) is 20.2 Å². The normalized spacial score (nSPS) is 10.4. The zero-order valence-electron chi connectivity index (χ0n) is 9.16. The molecule has 3 rings (SSSR count). The van der Waals surface area contributed by atoms with Gasteiger partial charge < -0.3 is 0 Å². The van der Waals surface area contributed by atoms with E-state index >= 15 is 0 Å². The molecule has 2 heterocycles. The predicted molar refractivity (Wildman–Crippen MR) is 67.0 cm³/mol. The second-order valence-electron chi connectivity index (χ2n) is 3.53. The van der Waals surface area contributed by atoms with Crippen molar-refractivity contribution in [2.24, 2.45) is 0 Å². The molecule has 3 aromatic rings. The van der Waals surface area contributed by atoms with Crippen molar-refractivity contribution in [3.63, 3.8) is 0 Å². The summed E-state index contributed by atoms with van der Waals surface area (Å²) in [5.41, 5.74) is 1.42. The fourth-order valence-corrected chi connectivity index (χ4v) is 2.36. The Kier molecular flexibility index (Phi) is 2.67. The summed E-state index contributed by atoms with van der Waals surface area (Å²) in [5, 5.41) is 17.9. The highest BCUT2D eigenvalue weighted by molar-refractivity contribution is 7.99. The van der Waals surface area contributed by atoms with Crippen molar-refractivity contribution in [3.8, 4) is 6.07 Å². The Hall–Kier alpha value is -2.39. The topological polar surface area (TPSA) is 78.2 Å². The quantitative estimate of drug-likeness (QED) is 0.758. The zero-order valence-corrected chi connectivity index (χ0v) is 9.98. The summed E-state index contributed by atoms with van der Waals surface area (Å²) < 4.78 is 0. The third-order valence-corrected chi connectivity index (χ3v) is 3.22. The molecule has 0 aliphatic carbocycles. The lowest BCUT2D eigenvalue weighted by molar-refractivity contribution is 0.969. The average molecular weight is 253 g/mol. The number of rotatable bonds is 2. The number of pyridine rings is 1. The minimum atomic E-state index is 0.614. The van der Waals surface area contributed by atoms with Crippen molar-refractivity contribution < 1.29 is 0 Å². The van der Waals surface area contributed by atoms with Crippen LogP contribution >= 0.6 is 11.8 Å². The summed E-state index contributed by atoms with van der Waals surface area (Å²) in [5.74, 6) is 0. The summed E-state index contributed by atoms with van der Waals surface area (Å²) in [7, 11) is 0. The molecule has 1 N–H and O–H groups in total. The number of H-pyrrole nitrogens is 1. The van der Waals surface area contributed by atoms with E-state index in [9.17, 15) is 0 Å². The van der Waals surface area contributed by atoms with Gasteiger partial charge in [-0.3, -0.25) is 5.10 Å². The number of nitrogens with zero attached hydrogens (tertiary/aromatic N) is 4. The van der Waals surface area contributed by atoms with Crippen molar-refractivity contribution in [2.45, 2.75) is 10.2 Å². The molecule has 0 radical (unpaired) electrons. The summed E-state index contributed by atoms with van der Waals surface area (Å²) in [6.45, 7) is 0. The molecule has 0 aliphatic rings. The van der Waals surface area contributed by atoms with Gasteiger partial charge in [-0.15, -0.1) is 0 Å². The number of hydrogen-bond donors (Lipinski definition) is 1. The van der Waals surface area contributed by atoms with Crippen LogP contribution in [0.15, 0.2) is 46.8 Å². The monoisotopic (exact) mass is 253 g/mol. The lowest BCUT2D eigenvalue weighted by atomic mass is 10.1. The van der Waals surface area contributed by atoms with Crippen LogP contribution in [0.25, 0.3) is 10.9 Å². The Balaban J connectivity index is 2.11. The minimum absolute atomic E-state index is 0.614. The van der Waals surface area contributed by atoms with Crippen molar-refractivity contribution in [1.82, 2.24) is 20.2 Å². The first kappa shape index (κ1) is 10.7. The Morgan fingerprint density at radius 1 is 1.28 bits per heavy atom. The first-order chi connectivity index (χ1) is 8.86. The molecule has 0 saturated carbocycles. The molecule has 0 fully saturated rings. The molecule has 0 spiro atoms. The largest absolute Gasteiger partial charge is 0.254 e. The van der Waals surface area contributed by atoms with Gasteiger partial charge >= 0.3 is 0 Å². The Labute approximate surface area is 107 Å². The van der Waals surface area contributed by atoms with Crippen LogP contribution in [-0.2, 0) is 0 Å². The van der Waals surface area contributed by atoms with Gasteiger partial charge in [-0.1, -0.05) is 18.2 Å². The molecule has 5 nitrogen and oxygen atoms in total. The van der Waals surface area contributed by atoms with Gasteiger partial charge in [0.25, 0.3) is 0 Å². The lowest BCUT2D eigenvalue weighted by Gasteiger charge is -2.02. The van der Waals surface area contributed by atoms with Gasteiger partial charge in [0.2, 0.25) is 0 Å². The number of nitriles is 1. The number of fused-ring (bicyclic) bond motifs is 1. The van der Waals surface area contributed by atoms with Crippen LogP contribution in [0.2, 0.25) is 0 Å². The summed E-state index contributed by atoms with van der Waals surface area (Å²) in [4.78, 5) is 8.50. The first-order valence-corrected chi connectivity index (χ1v) is 6.01. The molecule has 2 aromatic heterocycles. The number of aromatic amines is 1. The summed E-state index contributed by atoms with van der Waals surface area (Å²) in [6.07, 6.45) is 1.44. The number of aromatic nitrogens is 4. The fourth-order valence-electron chi connectivity index (χ4n) is 1.64. The van der Waals surface area contributed by atoms with Gasteiger partial charge in [0.05, 0.1) is 17.1 Å². The highest BCUT2D eigenvalue weighted by atomic mass is 32.2. The van der Waals surface area contributed by atoms with Crippen LogP contribution in [0, 0.1) is 11.3 Å². The molecule has 6 heteroatoms. The van der Waals surface area contributed by atoms with Crippen LogP contribution in [0.1, 0.15) is 5.56 Å². The van der Waals surface area contributed by atoms with Crippen molar-refractivity contribution in [3.05, 3.63) is 42.2 Å². The highest BCUT2D eigenvalue weighted by Crippen LogP contribution is 2.26. The summed E-state index contributed by atoms with van der Waals surface area (Å²) >= 11 is 1.35. The van der Waals surface area contributed by atoms with Gasteiger partial charge in [0.15, 0.2) is 5.16 Å². The van der Waals surface area contributed by atoms with Crippen molar-refractivity contribution >= 4 is 22.7 Å². The minimum Gasteiger partial charge on any atom is -0.254 e. The second kappa shape index (κ2) is 4.47. The SMILES string of the molecule is N#Cc1cc(Sc2ncn[nH]2)nc2ccccc12. The van der Waals surface area contributed by atoms with Crippen LogP contribution in [0.3, 0.4) is 0 Å². The van der Waals surface area contributed by atoms with E-state index in [0.717, 1.165) is 15.9 Å². The number of benzene rings is 1. The third-order valence-electron chi connectivity index (χ3n) is 2.41. The fraction of sp³-hybridized carbons (Fsp3) is 0. The smallest absolute Gasteiger partial charge is 0.189 e. The molecule has 86 valence electrons. The molecule has 0 bridgehead atoms. The van der Waals surface area contributed by atoms with Gasteiger partial charge in [0, 0.05) is 5.39 Å². The number of hydrogen-bond acceptors (Lipinski definition) is 5. The molecule has 0 aliphatic heterocycles. The van der Waals surface area contributed by atoms with Gasteiger partial charge in [-0.25, -0.2) is 9.97 Å². The Morgan fingerprint density at radius 3 is 2.94 bits per heavy atom. The van der Waals surface area contributed by atoms with E-state index in [1.54, 1.807) is 6.07 Å². The van der Waals surface area contributed by atoms with Crippen LogP contribution in [0.4, 0.5) is 0 Å². The number of nitrogens with one attached hydrogen (secondary N) is 1. The molecule has 0 amide bonds. The Morgan fingerprint density at radius 2 is 2.17 bits per heavy atom.